The molecular weight excluding hydrogens is 150 g/mol. The van der Waals surface area contributed by atoms with Crippen LogP contribution in [0.15, 0.2) is 0 Å². The van der Waals surface area contributed by atoms with Crippen LogP contribution in [0.5, 0.6) is 0 Å². The number of hydrazine groups is 1. The van der Waals surface area contributed by atoms with Crippen molar-refractivity contribution >= 4 is 0 Å². The summed E-state index contributed by atoms with van der Waals surface area (Å²) in [7, 11) is 0. The Balaban J connectivity index is 1.91. The number of piperidine rings is 1. The van der Waals surface area contributed by atoms with Gasteiger partial charge in [-0.15, -0.1) is 0 Å². The van der Waals surface area contributed by atoms with Crippen molar-refractivity contribution in [2.45, 2.75) is 32.1 Å². The summed E-state index contributed by atoms with van der Waals surface area (Å²) < 4.78 is 0. The van der Waals surface area contributed by atoms with Crippen LogP contribution in [-0.2, 0) is 0 Å². The van der Waals surface area contributed by atoms with Gasteiger partial charge in [0.25, 0.3) is 0 Å². The molecule has 72 valence electrons. The van der Waals surface area contributed by atoms with Gasteiger partial charge < -0.3 is 5.73 Å². The van der Waals surface area contributed by atoms with Crippen LogP contribution in [0.2, 0.25) is 0 Å². The molecule has 3 heteroatoms. The number of nitrogens with one attached hydrogen (secondary N) is 1. The lowest BCUT2D eigenvalue weighted by Gasteiger charge is -2.27. The van der Waals surface area contributed by atoms with E-state index in [1.807, 2.05) is 0 Å². The van der Waals surface area contributed by atoms with E-state index < -0.39 is 0 Å². The summed E-state index contributed by atoms with van der Waals surface area (Å²) in [6, 6.07) is 0. The zero-order valence-electron chi connectivity index (χ0n) is 7.89. The number of hydrogen-bond acceptors (Lipinski definition) is 3. The molecule has 0 atom stereocenters. The third-order valence-corrected chi connectivity index (χ3v) is 2.32. The van der Waals surface area contributed by atoms with E-state index >= 15 is 0 Å². The van der Waals surface area contributed by atoms with Crippen molar-refractivity contribution in [2.24, 2.45) is 5.73 Å². The Morgan fingerprint density at radius 2 is 1.83 bits per heavy atom. The van der Waals surface area contributed by atoms with Gasteiger partial charge in [0.15, 0.2) is 0 Å². The summed E-state index contributed by atoms with van der Waals surface area (Å²) in [5, 5.41) is 2.35. The van der Waals surface area contributed by atoms with Crippen LogP contribution in [0.25, 0.3) is 0 Å². The Hall–Kier alpha value is -0.120. The average molecular weight is 171 g/mol. The van der Waals surface area contributed by atoms with Gasteiger partial charge in [-0.2, -0.15) is 0 Å². The van der Waals surface area contributed by atoms with Crippen LogP contribution >= 0.6 is 0 Å². The van der Waals surface area contributed by atoms with E-state index in [2.05, 4.69) is 10.4 Å². The van der Waals surface area contributed by atoms with Crippen molar-refractivity contribution in [3.63, 3.8) is 0 Å². The zero-order chi connectivity index (χ0) is 8.65. The number of unbranched alkanes of at least 4 members (excludes halogenated alkanes) is 1. The monoisotopic (exact) mass is 171 g/mol. The normalized spacial score (nSPS) is 19.8. The number of rotatable bonds is 5. The van der Waals surface area contributed by atoms with Crippen LogP contribution < -0.4 is 11.2 Å². The third-order valence-electron chi connectivity index (χ3n) is 2.32. The van der Waals surface area contributed by atoms with Gasteiger partial charge in [-0.25, -0.2) is 5.01 Å². The van der Waals surface area contributed by atoms with E-state index in [0.717, 1.165) is 19.5 Å². The fourth-order valence-electron chi connectivity index (χ4n) is 1.56. The topological polar surface area (TPSA) is 41.3 Å². The fraction of sp³-hybridized carbons (Fsp3) is 1.00. The van der Waals surface area contributed by atoms with Gasteiger partial charge in [-0.1, -0.05) is 6.42 Å². The number of hydrogen-bond donors (Lipinski definition) is 2. The predicted molar refractivity (Wildman–Crippen MR) is 51.7 cm³/mol. The van der Waals surface area contributed by atoms with Crippen molar-refractivity contribution in [1.82, 2.24) is 10.4 Å². The first-order chi connectivity index (χ1) is 5.93. The minimum atomic E-state index is 0.821. The second kappa shape index (κ2) is 6.40. The molecule has 0 saturated carbocycles. The molecule has 1 aliphatic heterocycles. The lowest BCUT2D eigenvalue weighted by molar-refractivity contribution is 0.154. The minimum absolute atomic E-state index is 0.821. The van der Waals surface area contributed by atoms with E-state index in [9.17, 15) is 0 Å². The van der Waals surface area contributed by atoms with Gasteiger partial charge in [0, 0.05) is 19.6 Å². The summed E-state index contributed by atoms with van der Waals surface area (Å²) in [4.78, 5) is 0. The van der Waals surface area contributed by atoms with E-state index in [1.54, 1.807) is 0 Å². The molecule has 3 N–H and O–H groups in total. The van der Waals surface area contributed by atoms with Crippen LogP contribution in [0, 0.1) is 0 Å². The van der Waals surface area contributed by atoms with Gasteiger partial charge in [-0.3, -0.25) is 5.43 Å². The molecule has 0 spiro atoms. The first-order valence-electron chi connectivity index (χ1n) is 5.12. The van der Waals surface area contributed by atoms with Crippen LogP contribution in [-0.4, -0.2) is 31.2 Å². The SMILES string of the molecule is NCCCCNN1CCCCC1. The highest BCUT2D eigenvalue weighted by Gasteiger charge is 2.07. The molecule has 0 aromatic rings. The highest BCUT2D eigenvalue weighted by molar-refractivity contribution is 4.60. The maximum Gasteiger partial charge on any atom is 0.0131 e. The zero-order valence-corrected chi connectivity index (χ0v) is 7.89. The number of nitrogens with zero attached hydrogens (tertiary/aromatic N) is 1. The van der Waals surface area contributed by atoms with Gasteiger partial charge in [-0.05, 0) is 32.2 Å². The molecule has 0 aromatic heterocycles. The lowest BCUT2D eigenvalue weighted by atomic mass is 10.2. The highest BCUT2D eigenvalue weighted by Crippen LogP contribution is 2.05. The molecule has 0 bridgehead atoms. The summed E-state index contributed by atoms with van der Waals surface area (Å²) >= 11 is 0. The molecule has 1 fully saturated rings. The summed E-state index contributed by atoms with van der Waals surface area (Å²) in [6.07, 6.45) is 6.45. The largest absolute Gasteiger partial charge is 0.330 e. The van der Waals surface area contributed by atoms with Crippen molar-refractivity contribution in [3.8, 4) is 0 Å². The smallest absolute Gasteiger partial charge is 0.0131 e. The minimum Gasteiger partial charge on any atom is -0.330 e. The molecule has 0 amide bonds. The van der Waals surface area contributed by atoms with Gasteiger partial charge in [0.2, 0.25) is 0 Å². The second-order valence-corrected chi connectivity index (χ2v) is 3.45. The maximum atomic E-state index is 5.41. The second-order valence-electron chi connectivity index (χ2n) is 3.45. The molecule has 0 aromatic carbocycles. The van der Waals surface area contributed by atoms with Crippen molar-refractivity contribution in [1.29, 1.82) is 0 Å². The molecule has 1 heterocycles. The molecule has 1 aliphatic rings. The van der Waals surface area contributed by atoms with Crippen LogP contribution in [0.1, 0.15) is 32.1 Å². The van der Waals surface area contributed by atoms with Crippen molar-refractivity contribution in [3.05, 3.63) is 0 Å². The average Bonchev–Trinajstić information content (AvgIpc) is 2.14. The standard InChI is InChI=1S/C9H21N3/c10-6-2-3-7-11-12-8-4-1-5-9-12/h11H,1-10H2. The van der Waals surface area contributed by atoms with E-state index in [4.69, 9.17) is 5.73 Å². The van der Waals surface area contributed by atoms with Crippen molar-refractivity contribution < 1.29 is 0 Å². The summed E-state index contributed by atoms with van der Waals surface area (Å²) in [5.74, 6) is 0. The van der Waals surface area contributed by atoms with Gasteiger partial charge in [0.1, 0.15) is 0 Å². The van der Waals surface area contributed by atoms with Crippen molar-refractivity contribution in [2.75, 3.05) is 26.2 Å². The lowest BCUT2D eigenvalue weighted by Crippen LogP contribution is -2.42. The van der Waals surface area contributed by atoms with E-state index in [0.29, 0.717) is 0 Å². The molecule has 0 aliphatic carbocycles. The van der Waals surface area contributed by atoms with Crippen LogP contribution in [0.4, 0.5) is 0 Å². The molecule has 12 heavy (non-hydrogen) atoms. The Kier molecular flexibility index (Phi) is 5.32. The summed E-state index contributed by atoms with van der Waals surface area (Å²) in [5.41, 5.74) is 8.84. The molecule has 0 unspecified atom stereocenters. The van der Waals surface area contributed by atoms with Gasteiger partial charge >= 0.3 is 0 Å². The molecule has 3 nitrogen and oxygen atoms in total. The molecular formula is C9H21N3. The Morgan fingerprint density at radius 3 is 2.50 bits per heavy atom. The highest BCUT2D eigenvalue weighted by atomic mass is 15.5. The first-order valence-corrected chi connectivity index (χ1v) is 5.12. The fourth-order valence-corrected chi connectivity index (χ4v) is 1.56. The quantitative estimate of drug-likeness (QED) is 0.599. The van der Waals surface area contributed by atoms with E-state index in [1.165, 1.54) is 38.8 Å². The third kappa shape index (κ3) is 4.04. The van der Waals surface area contributed by atoms with Gasteiger partial charge in [0.05, 0.1) is 0 Å². The van der Waals surface area contributed by atoms with Crippen LogP contribution in [0.3, 0.4) is 0 Å². The Bertz CT molecular complexity index is 99.9. The van der Waals surface area contributed by atoms with E-state index in [-0.39, 0.29) is 0 Å². The maximum absolute atomic E-state index is 5.41. The molecule has 0 radical (unpaired) electrons. The number of nitrogens with two attached hydrogens (primary N) is 1. The summed E-state index contributed by atoms with van der Waals surface area (Å²) in [6.45, 7) is 4.37. The first kappa shape index (κ1) is 9.96. The predicted octanol–water partition coefficient (Wildman–Crippen LogP) is 0.716. The Labute approximate surface area is 75.3 Å². The molecule has 1 saturated heterocycles. The molecule has 1 rings (SSSR count). The Morgan fingerprint density at radius 1 is 1.08 bits per heavy atom.